The summed E-state index contributed by atoms with van der Waals surface area (Å²) in [4.78, 5) is 0. The minimum absolute atomic E-state index is 0.330. The van der Waals surface area contributed by atoms with Gasteiger partial charge in [0.15, 0.2) is 0 Å². The smallest absolute Gasteiger partial charge is 0.208 e. The quantitative estimate of drug-likeness (QED) is 0.329. The molecule has 0 spiro atoms. The molecule has 0 atom stereocenters. The predicted octanol–water partition coefficient (Wildman–Crippen LogP) is 6.00. The van der Waals surface area contributed by atoms with Crippen LogP contribution in [0.2, 0.25) is 5.02 Å². The van der Waals surface area contributed by atoms with Crippen LogP contribution in [-0.2, 0) is 6.54 Å². The number of anilines is 1. The molecule has 4 nitrogen and oxygen atoms in total. The maximum atomic E-state index is 13.7. The van der Waals surface area contributed by atoms with Crippen molar-refractivity contribution >= 4 is 28.3 Å². The molecule has 3 N–H and O–H groups in total. The van der Waals surface area contributed by atoms with E-state index in [1.165, 1.54) is 12.1 Å². The zero-order valence-electron chi connectivity index (χ0n) is 17.1. The van der Waals surface area contributed by atoms with Gasteiger partial charge in [-0.3, -0.25) is 9.98 Å². The highest BCUT2D eigenvalue weighted by atomic mass is 35.5. The Morgan fingerprint density at radius 2 is 1.53 bits per heavy atom. The predicted molar refractivity (Wildman–Crippen MR) is 127 cm³/mol. The fraction of sp³-hybridized carbons (Fsp3) is 0.0385. The van der Waals surface area contributed by atoms with E-state index < -0.39 is 0 Å². The van der Waals surface area contributed by atoms with Crippen LogP contribution in [0.5, 0.6) is 0 Å². The molecule has 0 aliphatic heterocycles. The maximum Gasteiger partial charge on any atom is 0.208 e. The number of nitrogens with two attached hydrogens (primary N) is 1. The van der Waals surface area contributed by atoms with E-state index in [0.717, 1.165) is 27.8 Å². The molecule has 6 heteroatoms. The SMILES string of the molecule is N=c1n(Cc2ccccc2Cl)c2ccccc2n1-c1ccc(-c2cc(F)ccc2N)cc1. The van der Waals surface area contributed by atoms with Crippen LogP contribution in [-0.4, -0.2) is 9.13 Å². The van der Waals surface area contributed by atoms with E-state index in [0.29, 0.717) is 28.4 Å². The first-order valence-electron chi connectivity index (χ1n) is 10.2. The first-order valence-corrected chi connectivity index (χ1v) is 10.5. The van der Waals surface area contributed by atoms with Gasteiger partial charge >= 0.3 is 0 Å². The van der Waals surface area contributed by atoms with Gasteiger partial charge in [-0.05, 0) is 59.7 Å². The Bertz CT molecular complexity index is 1500. The number of hydrogen-bond donors (Lipinski definition) is 2. The van der Waals surface area contributed by atoms with E-state index in [2.05, 4.69) is 0 Å². The van der Waals surface area contributed by atoms with Gasteiger partial charge in [-0.1, -0.05) is 54.1 Å². The molecule has 5 rings (SSSR count). The number of hydrogen-bond acceptors (Lipinski definition) is 2. The number of aromatic nitrogens is 2. The molecule has 5 aromatic rings. The second kappa shape index (κ2) is 8.02. The summed E-state index contributed by atoms with van der Waals surface area (Å²) in [7, 11) is 0. The van der Waals surface area contributed by atoms with Gasteiger partial charge in [-0.2, -0.15) is 0 Å². The molecule has 0 aliphatic rings. The normalized spacial score (nSPS) is 11.2. The summed E-state index contributed by atoms with van der Waals surface area (Å²) < 4.78 is 17.6. The molecule has 158 valence electrons. The van der Waals surface area contributed by atoms with E-state index in [9.17, 15) is 4.39 Å². The summed E-state index contributed by atoms with van der Waals surface area (Å²) >= 11 is 6.38. The van der Waals surface area contributed by atoms with Crippen molar-refractivity contribution in [3.63, 3.8) is 0 Å². The average molecular weight is 443 g/mol. The highest BCUT2D eigenvalue weighted by Gasteiger charge is 2.14. The lowest BCUT2D eigenvalue weighted by Gasteiger charge is -2.09. The zero-order chi connectivity index (χ0) is 22.2. The van der Waals surface area contributed by atoms with Gasteiger partial charge in [0.2, 0.25) is 5.62 Å². The van der Waals surface area contributed by atoms with Gasteiger partial charge in [0, 0.05) is 22.0 Å². The number of imidazole rings is 1. The molecule has 4 aromatic carbocycles. The number of nitrogens with one attached hydrogen (secondary N) is 1. The van der Waals surface area contributed by atoms with Crippen molar-refractivity contribution in [1.29, 1.82) is 5.41 Å². The maximum absolute atomic E-state index is 13.7. The molecule has 1 aromatic heterocycles. The molecule has 0 unspecified atom stereocenters. The standard InChI is InChI=1S/C26H20ClFN4/c27-22-6-2-1-5-18(22)16-31-24-7-3-4-8-25(24)32(26(31)30)20-12-9-17(10-13-20)21-15-19(28)11-14-23(21)29/h1-15,30H,16,29H2. The van der Waals surface area contributed by atoms with Crippen LogP contribution in [0.4, 0.5) is 10.1 Å². The first kappa shape index (κ1) is 20.1. The van der Waals surface area contributed by atoms with E-state index in [4.69, 9.17) is 22.7 Å². The minimum atomic E-state index is -0.330. The van der Waals surface area contributed by atoms with Crippen molar-refractivity contribution in [2.75, 3.05) is 5.73 Å². The van der Waals surface area contributed by atoms with Gasteiger partial charge in [-0.15, -0.1) is 0 Å². The van der Waals surface area contributed by atoms with Crippen LogP contribution in [0, 0.1) is 11.2 Å². The Morgan fingerprint density at radius 3 is 2.28 bits per heavy atom. The Morgan fingerprint density at radius 1 is 0.844 bits per heavy atom. The Labute approximate surface area is 189 Å². The number of fused-ring (bicyclic) bond motifs is 1. The molecule has 0 bridgehead atoms. The van der Waals surface area contributed by atoms with E-state index in [1.807, 2.05) is 81.9 Å². The molecule has 0 fully saturated rings. The third-order valence-corrected chi connectivity index (χ3v) is 5.99. The summed E-state index contributed by atoms with van der Waals surface area (Å²) in [6.45, 7) is 0.490. The van der Waals surface area contributed by atoms with Crippen LogP contribution in [0.15, 0.2) is 91.0 Å². The molecule has 0 saturated carbocycles. The fourth-order valence-electron chi connectivity index (χ4n) is 4.02. The largest absolute Gasteiger partial charge is 0.398 e. The van der Waals surface area contributed by atoms with E-state index in [1.54, 1.807) is 6.07 Å². The van der Waals surface area contributed by atoms with Gasteiger partial charge in [-0.25, -0.2) is 4.39 Å². The number of benzene rings is 4. The third-order valence-electron chi connectivity index (χ3n) is 5.62. The second-order valence-electron chi connectivity index (χ2n) is 7.60. The topological polar surface area (TPSA) is 59.7 Å². The lowest BCUT2D eigenvalue weighted by molar-refractivity contribution is 0.628. The zero-order valence-corrected chi connectivity index (χ0v) is 17.9. The summed E-state index contributed by atoms with van der Waals surface area (Å²) in [6, 6.07) is 27.6. The summed E-state index contributed by atoms with van der Waals surface area (Å²) in [5.74, 6) is -0.330. The average Bonchev–Trinajstić information content (AvgIpc) is 3.08. The van der Waals surface area contributed by atoms with Crippen LogP contribution >= 0.6 is 11.6 Å². The Balaban J connectivity index is 1.62. The Kier molecular flexibility index (Phi) is 5.04. The lowest BCUT2D eigenvalue weighted by atomic mass is 10.0. The number of rotatable bonds is 4. The molecule has 0 aliphatic carbocycles. The number of nitrogen functional groups attached to an aromatic ring is 1. The van der Waals surface area contributed by atoms with Crippen molar-refractivity contribution in [2.24, 2.45) is 0 Å². The minimum Gasteiger partial charge on any atom is -0.398 e. The lowest BCUT2D eigenvalue weighted by Crippen LogP contribution is -2.24. The van der Waals surface area contributed by atoms with Gasteiger partial charge in [0.25, 0.3) is 0 Å². The summed E-state index contributed by atoms with van der Waals surface area (Å²) in [5, 5.41) is 9.60. The van der Waals surface area contributed by atoms with Crippen LogP contribution in [0.25, 0.3) is 27.8 Å². The number of para-hydroxylation sites is 2. The summed E-state index contributed by atoms with van der Waals surface area (Å²) in [6.07, 6.45) is 0. The monoisotopic (exact) mass is 442 g/mol. The van der Waals surface area contributed by atoms with Crippen LogP contribution in [0.1, 0.15) is 5.56 Å². The molecule has 0 radical (unpaired) electrons. The van der Waals surface area contributed by atoms with Crippen molar-refractivity contribution < 1.29 is 4.39 Å². The van der Waals surface area contributed by atoms with E-state index >= 15 is 0 Å². The molecule has 0 saturated heterocycles. The molecular formula is C26H20ClFN4. The van der Waals surface area contributed by atoms with Crippen molar-refractivity contribution in [3.8, 4) is 16.8 Å². The van der Waals surface area contributed by atoms with Crippen LogP contribution in [0.3, 0.4) is 0 Å². The van der Waals surface area contributed by atoms with E-state index in [-0.39, 0.29) is 5.82 Å². The van der Waals surface area contributed by atoms with Crippen molar-refractivity contribution in [1.82, 2.24) is 9.13 Å². The van der Waals surface area contributed by atoms with Gasteiger partial charge in [0.05, 0.1) is 17.6 Å². The number of nitrogens with zero attached hydrogens (tertiary/aromatic N) is 2. The summed E-state index contributed by atoms with van der Waals surface area (Å²) in [5.41, 5.74) is 12.0. The van der Waals surface area contributed by atoms with Crippen LogP contribution < -0.4 is 11.4 Å². The highest BCUT2D eigenvalue weighted by molar-refractivity contribution is 6.31. The second-order valence-corrected chi connectivity index (χ2v) is 8.01. The van der Waals surface area contributed by atoms with Gasteiger partial charge in [0.1, 0.15) is 5.82 Å². The Hall–Kier alpha value is -3.83. The molecule has 32 heavy (non-hydrogen) atoms. The third kappa shape index (κ3) is 3.47. The first-order chi connectivity index (χ1) is 15.5. The van der Waals surface area contributed by atoms with Crippen molar-refractivity contribution in [2.45, 2.75) is 6.54 Å². The molecular weight excluding hydrogens is 423 g/mol. The van der Waals surface area contributed by atoms with Crippen molar-refractivity contribution in [3.05, 3.63) is 113 Å². The highest BCUT2D eigenvalue weighted by Crippen LogP contribution is 2.28. The fourth-order valence-corrected chi connectivity index (χ4v) is 4.21. The molecule has 1 heterocycles. The van der Waals surface area contributed by atoms with Gasteiger partial charge < -0.3 is 10.3 Å². The molecule has 0 amide bonds. The number of halogens is 2.